The van der Waals surface area contributed by atoms with E-state index in [2.05, 4.69) is 36.1 Å². The van der Waals surface area contributed by atoms with Crippen molar-refractivity contribution in [3.8, 4) is 5.75 Å². The molecule has 1 aliphatic heterocycles. The highest BCUT2D eigenvalue weighted by molar-refractivity contribution is 6.35. The average molecular weight is 469 g/mol. The van der Waals surface area contributed by atoms with E-state index in [1.807, 2.05) is 29.2 Å². The Hall–Kier alpha value is -2.53. The number of amides is 1. The van der Waals surface area contributed by atoms with E-state index >= 15 is 0 Å². The topological polar surface area (TPSA) is 32.8 Å². The number of aryl methyl sites for hydroxylation is 1. The molecule has 0 saturated carbocycles. The molecular weight excluding hydrogens is 443 g/mol. The van der Waals surface area contributed by atoms with Gasteiger partial charge in [-0.2, -0.15) is 0 Å². The van der Waals surface area contributed by atoms with E-state index in [1.54, 1.807) is 18.2 Å². The van der Waals surface area contributed by atoms with E-state index in [0.717, 1.165) is 38.3 Å². The van der Waals surface area contributed by atoms with Gasteiger partial charge in [0.2, 0.25) is 0 Å². The van der Waals surface area contributed by atoms with Gasteiger partial charge in [-0.25, -0.2) is 0 Å². The van der Waals surface area contributed by atoms with E-state index in [0.29, 0.717) is 28.0 Å². The summed E-state index contributed by atoms with van der Waals surface area (Å²) in [6, 6.07) is 21.3. The third-order valence-corrected chi connectivity index (χ3v) is 6.17. The molecule has 6 heteroatoms. The van der Waals surface area contributed by atoms with E-state index < -0.39 is 0 Å². The van der Waals surface area contributed by atoms with Crippen molar-refractivity contribution in [1.82, 2.24) is 9.80 Å². The molecule has 0 atom stereocenters. The van der Waals surface area contributed by atoms with Crippen LogP contribution in [0.4, 0.5) is 0 Å². The minimum Gasteiger partial charge on any atom is -0.487 e. The van der Waals surface area contributed by atoms with Crippen LogP contribution in [0.25, 0.3) is 0 Å². The van der Waals surface area contributed by atoms with Gasteiger partial charge in [0.05, 0.1) is 5.02 Å². The zero-order valence-electron chi connectivity index (χ0n) is 18.1. The maximum atomic E-state index is 12.9. The minimum absolute atomic E-state index is 0.0772. The highest BCUT2D eigenvalue weighted by Gasteiger charge is 2.22. The zero-order chi connectivity index (χ0) is 22.5. The summed E-state index contributed by atoms with van der Waals surface area (Å²) < 4.78 is 5.77. The molecule has 166 valence electrons. The van der Waals surface area contributed by atoms with E-state index in [9.17, 15) is 4.79 Å². The molecule has 4 nitrogen and oxygen atoms in total. The Labute approximate surface area is 199 Å². The van der Waals surface area contributed by atoms with Crippen LogP contribution in [0.2, 0.25) is 10.0 Å². The fraction of sp³-hybridized carbons (Fsp3) is 0.269. The van der Waals surface area contributed by atoms with Gasteiger partial charge in [-0.15, -0.1) is 0 Å². The zero-order valence-corrected chi connectivity index (χ0v) is 19.6. The first-order valence-corrected chi connectivity index (χ1v) is 11.5. The van der Waals surface area contributed by atoms with Gasteiger partial charge in [-0.1, -0.05) is 65.2 Å². The summed E-state index contributed by atoms with van der Waals surface area (Å²) in [5, 5.41) is 1.05. The van der Waals surface area contributed by atoms with Gasteiger partial charge in [-0.05, 0) is 48.4 Å². The predicted molar refractivity (Wildman–Crippen MR) is 130 cm³/mol. The molecule has 0 N–H and O–H groups in total. The Morgan fingerprint density at radius 1 is 0.906 bits per heavy atom. The molecule has 4 rings (SSSR count). The second kappa shape index (κ2) is 10.4. The van der Waals surface area contributed by atoms with Crippen LogP contribution >= 0.6 is 23.2 Å². The number of carbonyl (C=O) groups excluding carboxylic acids is 1. The largest absolute Gasteiger partial charge is 0.487 e. The number of ether oxygens (including phenoxy) is 1. The predicted octanol–water partition coefficient (Wildman–Crippen LogP) is 5.84. The molecule has 0 aromatic heterocycles. The lowest BCUT2D eigenvalue weighted by Crippen LogP contribution is -2.48. The fourth-order valence-electron chi connectivity index (χ4n) is 3.86. The minimum atomic E-state index is 0.0772. The van der Waals surface area contributed by atoms with Crippen LogP contribution in [-0.4, -0.2) is 41.9 Å². The van der Waals surface area contributed by atoms with Crippen LogP contribution in [0.3, 0.4) is 0 Å². The molecule has 1 aliphatic rings. The molecule has 0 spiro atoms. The van der Waals surface area contributed by atoms with E-state index in [4.69, 9.17) is 27.9 Å². The molecule has 32 heavy (non-hydrogen) atoms. The second-order valence-electron chi connectivity index (χ2n) is 8.12. The molecule has 1 heterocycles. The van der Waals surface area contributed by atoms with Gasteiger partial charge >= 0.3 is 0 Å². The summed E-state index contributed by atoms with van der Waals surface area (Å²) >= 11 is 12.1. The standard InChI is InChI=1S/C26H26Cl2N2O2/c1-19-3-2-4-21(15-19)17-29-11-13-30(14-12-29)26(31)22-7-5-20(6-8-22)18-32-25-10-9-23(27)16-24(25)28/h2-10,15-16H,11-14,17-18H2,1H3. The number of nitrogens with zero attached hydrogens (tertiary/aromatic N) is 2. The number of rotatable bonds is 6. The Kier molecular flexibility index (Phi) is 7.36. The SMILES string of the molecule is Cc1cccc(CN2CCN(C(=O)c3ccc(COc4ccc(Cl)cc4Cl)cc3)CC2)c1. The number of halogens is 2. The van der Waals surface area contributed by atoms with Crippen molar-refractivity contribution in [1.29, 1.82) is 0 Å². The number of hydrogen-bond donors (Lipinski definition) is 0. The molecule has 0 aliphatic carbocycles. The van der Waals surface area contributed by atoms with E-state index in [-0.39, 0.29) is 5.91 Å². The van der Waals surface area contributed by atoms with Gasteiger partial charge < -0.3 is 9.64 Å². The molecule has 1 fully saturated rings. The second-order valence-corrected chi connectivity index (χ2v) is 8.96. The number of hydrogen-bond acceptors (Lipinski definition) is 3. The lowest BCUT2D eigenvalue weighted by molar-refractivity contribution is 0.0628. The van der Waals surface area contributed by atoms with Crippen LogP contribution in [0.5, 0.6) is 5.75 Å². The number of benzene rings is 3. The molecule has 1 saturated heterocycles. The molecule has 1 amide bonds. The monoisotopic (exact) mass is 468 g/mol. The quantitative estimate of drug-likeness (QED) is 0.455. The van der Waals surface area contributed by atoms with Crippen LogP contribution in [0.1, 0.15) is 27.0 Å². The first kappa shape index (κ1) is 22.7. The van der Waals surface area contributed by atoms with E-state index in [1.165, 1.54) is 11.1 Å². The highest BCUT2D eigenvalue weighted by atomic mass is 35.5. The highest BCUT2D eigenvalue weighted by Crippen LogP contribution is 2.28. The van der Waals surface area contributed by atoms with Crippen LogP contribution in [0.15, 0.2) is 66.7 Å². The third kappa shape index (κ3) is 5.83. The third-order valence-electron chi connectivity index (χ3n) is 5.64. The van der Waals surface area contributed by atoms with Crippen molar-refractivity contribution in [2.45, 2.75) is 20.1 Å². The van der Waals surface area contributed by atoms with Crippen LogP contribution in [0, 0.1) is 6.92 Å². The lowest BCUT2D eigenvalue weighted by atomic mass is 10.1. The number of carbonyl (C=O) groups is 1. The van der Waals surface area contributed by atoms with Gasteiger partial charge in [0, 0.05) is 43.3 Å². The molecule has 0 radical (unpaired) electrons. The normalized spacial score (nSPS) is 14.4. The summed E-state index contributed by atoms with van der Waals surface area (Å²) in [6.45, 7) is 6.66. The molecular formula is C26H26Cl2N2O2. The Morgan fingerprint density at radius 3 is 2.34 bits per heavy atom. The Morgan fingerprint density at radius 2 is 1.66 bits per heavy atom. The van der Waals surface area contributed by atoms with Crippen LogP contribution < -0.4 is 4.74 Å². The Bertz CT molecular complexity index is 1080. The summed E-state index contributed by atoms with van der Waals surface area (Å²) in [4.78, 5) is 17.3. The first-order valence-electron chi connectivity index (χ1n) is 10.7. The summed E-state index contributed by atoms with van der Waals surface area (Å²) in [6.07, 6.45) is 0. The van der Waals surface area contributed by atoms with Crippen molar-refractivity contribution in [3.63, 3.8) is 0 Å². The maximum absolute atomic E-state index is 12.9. The average Bonchev–Trinajstić information content (AvgIpc) is 2.79. The fourth-order valence-corrected chi connectivity index (χ4v) is 4.32. The first-order chi connectivity index (χ1) is 15.5. The summed E-state index contributed by atoms with van der Waals surface area (Å²) in [5.74, 6) is 0.660. The van der Waals surface area contributed by atoms with Crippen molar-refractivity contribution in [3.05, 3.63) is 99.0 Å². The smallest absolute Gasteiger partial charge is 0.253 e. The van der Waals surface area contributed by atoms with Gasteiger partial charge in [0.1, 0.15) is 12.4 Å². The van der Waals surface area contributed by atoms with Gasteiger partial charge in [-0.3, -0.25) is 9.69 Å². The summed E-state index contributed by atoms with van der Waals surface area (Å²) in [5.41, 5.74) is 4.27. The molecule has 3 aromatic carbocycles. The van der Waals surface area contributed by atoms with Gasteiger partial charge in [0.15, 0.2) is 0 Å². The molecule has 0 bridgehead atoms. The van der Waals surface area contributed by atoms with Crippen molar-refractivity contribution < 1.29 is 9.53 Å². The number of piperazine rings is 1. The van der Waals surface area contributed by atoms with Crippen LogP contribution in [-0.2, 0) is 13.2 Å². The van der Waals surface area contributed by atoms with Crippen molar-refractivity contribution in [2.24, 2.45) is 0 Å². The molecule has 0 unspecified atom stereocenters. The lowest BCUT2D eigenvalue weighted by Gasteiger charge is -2.34. The Balaban J connectivity index is 1.28. The van der Waals surface area contributed by atoms with Crippen molar-refractivity contribution >= 4 is 29.1 Å². The van der Waals surface area contributed by atoms with Gasteiger partial charge in [0.25, 0.3) is 5.91 Å². The van der Waals surface area contributed by atoms with Crippen molar-refractivity contribution in [2.75, 3.05) is 26.2 Å². The molecule has 3 aromatic rings. The summed E-state index contributed by atoms with van der Waals surface area (Å²) in [7, 11) is 0. The maximum Gasteiger partial charge on any atom is 0.253 e.